The number of allylic oxidation sites excluding steroid dienone is 6. The molecule has 0 saturated carbocycles. The van der Waals surface area contributed by atoms with Gasteiger partial charge in [0.05, 0.1) is 25.4 Å². The summed E-state index contributed by atoms with van der Waals surface area (Å²) in [6.07, 6.45) is 78.8. The Bertz CT molecular complexity index is 1180. The molecular weight excluding hydrogens is 899 g/mol. The number of carbonyl (C=O) groups excluding carboxylic acids is 2. The third kappa shape index (κ3) is 59.2. The van der Waals surface area contributed by atoms with E-state index in [1.54, 1.807) is 0 Å². The minimum absolute atomic E-state index is 0.00501. The molecule has 0 radical (unpaired) electrons. The van der Waals surface area contributed by atoms with Crippen molar-refractivity contribution in [1.29, 1.82) is 0 Å². The minimum atomic E-state index is -0.667. The van der Waals surface area contributed by atoms with E-state index in [9.17, 15) is 19.8 Å². The number of unbranched alkanes of at least 4 members (excludes halogenated alkanes) is 44. The van der Waals surface area contributed by atoms with Gasteiger partial charge in [-0.1, -0.05) is 294 Å². The smallest absolute Gasteiger partial charge is 0.305 e. The van der Waals surface area contributed by atoms with Gasteiger partial charge in [0, 0.05) is 12.8 Å². The van der Waals surface area contributed by atoms with E-state index < -0.39 is 12.1 Å². The lowest BCUT2D eigenvalue weighted by Gasteiger charge is -2.22. The van der Waals surface area contributed by atoms with Crippen LogP contribution in [0.5, 0.6) is 0 Å². The Morgan fingerprint density at radius 1 is 0.384 bits per heavy atom. The molecule has 0 spiro atoms. The monoisotopic (exact) mass is 1030 g/mol. The summed E-state index contributed by atoms with van der Waals surface area (Å²) in [6, 6.07) is -0.545. The molecule has 0 aromatic carbocycles. The second-order valence-electron chi connectivity index (χ2n) is 22.4. The molecule has 0 aromatic heterocycles. The number of ether oxygens (including phenoxy) is 1. The van der Waals surface area contributed by atoms with Crippen molar-refractivity contribution in [2.24, 2.45) is 0 Å². The fourth-order valence-electron chi connectivity index (χ4n) is 10.1. The molecule has 1 amide bonds. The summed E-state index contributed by atoms with van der Waals surface area (Å²) in [5.74, 6) is -0.0328. The number of amides is 1. The van der Waals surface area contributed by atoms with Gasteiger partial charge in [-0.2, -0.15) is 0 Å². The van der Waals surface area contributed by atoms with Gasteiger partial charge in [0.25, 0.3) is 0 Å². The SMILES string of the molecule is CCCCC/C=C\C/C=C\CCCCCCCCCC(=O)OCCCCCCCCCCCCCC/C=C\CCCCCCCCCCC(=O)NC(CO)C(O)CCCCCCCCCCCCCCCCC. The highest BCUT2D eigenvalue weighted by Gasteiger charge is 2.20. The lowest BCUT2D eigenvalue weighted by atomic mass is 10.0. The number of carbonyl (C=O) groups is 2. The van der Waals surface area contributed by atoms with E-state index >= 15 is 0 Å². The van der Waals surface area contributed by atoms with Crippen molar-refractivity contribution in [1.82, 2.24) is 5.32 Å². The third-order valence-corrected chi connectivity index (χ3v) is 15.2. The Hall–Kier alpha value is -1.92. The zero-order valence-electron chi connectivity index (χ0n) is 49.1. The van der Waals surface area contributed by atoms with Crippen molar-refractivity contribution < 1.29 is 24.5 Å². The van der Waals surface area contributed by atoms with Crippen LogP contribution in [0.15, 0.2) is 36.5 Å². The summed E-state index contributed by atoms with van der Waals surface area (Å²) < 4.78 is 5.49. The fourth-order valence-corrected chi connectivity index (χ4v) is 10.1. The second kappa shape index (κ2) is 62.6. The summed E-state index contributed by atoms with van der Waals surface area (Å²) in [7, 11) is 0. The Labute approximate surface area is 455 Å². The highest BCUT2D eigenvalue weighted by molar-refractivity contribution is 5.76. The number of esters is 1. The van der Waals surface area contributed by atoms with Crippen molar-refractivity contribution in [2.75, 3.05) is 13.2 Å². The maximum Gasteiger partial charge on any atom is 0.305 e. The van der Waals surface area contributed by atoms with Crippen molar-refractivity contribution >= 4 is 11.9 Å². The number of aliphatic hydroxyl groups is 2. The van der Waals surface area contributed by atoms with E-state index in [-0.39, 0.29) is 18.5 Å². The molecule has 2 unspecified atom stereocenters. The van der Waals surface area contributed by atoms with Crippen LogP contribution in [-0.4, -0.2) is 47.4 Å². The highest BCUT2D eigenvalue weighted by atomic mass is 16.5. The Morgan fingerprint density at radius 2 is 0.685 bits per heavy atom. The van der Waals surface area contributed by atoms with Crippen LogP contribution in [0.3, 0.4) is 0 Å². The molecule has 6 nitrogen and oxygen atoms in total. The Morgan fingerprint density at radius 3 is 1.08 bits per heavy atom. The minimum Gasteiger partial charge on any atom is -0.466 e. The van der Waals surface area contributed by atoms with E-state index in [1.807, 2.05) is 0 Å². The average molecular weight is 1030 g/mol. The first-order valence-electron chi connectivity index (χ1n) is 32.7. The molecule has 0 aliphatic rings. The van der Waals surface area contributed by atoms with Gasteiger partial charge >= 0.3 is 5.97 Å². The molecule has 0 aromatic rings. The molecule has 0 aliphatic carbocycles. The van der Waals surface area contributed by atoms with Crippen molar-refractivity contribution in [3.05, 3.63) is 36.5 Å². The molecule has 0 fully saturated rings. The molecule has 0 saturated heterocycles. The summed E-state index contributed by atoms with van der Waals surface area (Å²) >= 11 is 0. The predicted molar refractivity (Wildman–Crippen MR) is 319 cm³/mol. The van der Waals surface area contributed by atoms with Crippen LogP contribution < -0.4 is 5.32 Å². The summed E-state index contributed by atoms with van der Waals surface area (Å²) in [5, 5.41) is 23.3. The molecule has 0 bridgehead atoms. The maximum absolute atomic E-state index is 12.5. The summed E-state index contributed by atoms with van der Waals surface area (Å²) in [6.45, 7) is 4.94. The topological polar surface area (TPSA) is 95.9 Å². The van der Waals surface area contributed by atoms with E-state index in [0.717, 1.165) is 51.4 Å². The average Bonchev–Trinajstić information content (AvgIpc) is 3.39. The first kappa shape index (κ1) is 71.1. The van der Waals surface area contributed by atoms with Crippen molar-refractivity contribution in [3.8, 4) is 0 Å². The first-order valence-corrected chi connectivity index (χ1v) is 32.7. The van der Waals surface area contributed by atoms with Crippen LogP contribution in [0, 0.1) is 0 Å². The number of rotatable bonds is 61. The zero-order chi connectivity index (χ0) is 52.9. The molecule has 0 heterocycles. The van der Waals surface area contributed by atoms with Crippen LogP contribution in [0.2, 0.25) is 0 Å². The van der Waals surface area contributed by atoms with Gasteiger partial charge in [-0.15, -0.1) is 0 Å². The summed E-state index contributed by atoms with van der Waals surface area (Å²) in [4.78, 5) is 24.6. The standard InChI is InChI=1S/C67H127NO5/c1-3-5-7-9-11-13-15-17-19-28-33-37-41-45-49-53-57-61-67(72)73-62-58-54-50-46-42-38-34-30-27-25-23-21-20-22-24-26-29-32-36-40-44-48-52-56-60-66(71)68-64(63-69)65(70)59-55-51-47-43-39-35-31-18-16-14-12-10-8-6-4-2/h11,13,17,19,22,24,64-65,69-70H,3-10,12,14-16,18,20-21,23,25-63H2,1-2H3,(H,68,71)/b13-11-,19-17-,24-22-. The van der Waals surface area contributed by atoms with E-state index in [4.69, 9.17) is 4.74 Å². The maximum atomic E-state index is 12.5. The van der Waals surface area contributed by atoms with E-state index in [2.05, 4.69) is 55.6 Å². The van der Waals surface area contributed by atoms with Gasteiger partial charge in [-0.05, 0) is 83.5 Å². The van der Waals surface area contributed by atoms with Gasteiger partial charge in [0.2, 0.25) is 5.91 Å². The molecule has 73 heavy (non-hydrogen) atoms. The zero-order valence-corrected chi connectivity index (χ0v) is 49.1. The first-order chi connectivity index (χ1) is 36.0. The molecule has 0 rings (SSSR count). The van der Waals surface area contributed by atoms with E-state index in [0.29, 0.717) is 25.9 Å². The molecule has 2 atom stereocenters. The quantitative estimate of drug-likeness (QED) is 0.0320. The van der Waals surface area contributed by atoms with Crippen LogP contribution in [-0.2, 0) is 14.3 Å². The van der Waals surface area contributed by atoms with Crippen LogP contribution in [0.1, 0.15) is 354 Å². The normalized spacial score (nSPS) is 12.8. The van der Waals surface area contributed by atoms with Crippen LogP contribution in [0.4, 0.5) is 0 Å². The molecule has 6 heteroatoms. The van der Waals surface area contributed by atoms with Gasteiger partial charge in [0.15, 0.2) is 0 Å². The van der Waals surface area contributed by atoms with Crippen LogP contribution in [0.25, 0.3) is 0 Å². The molecule has 3 N–H and O–H groups in total. The molecular formula is C67H127NO5. The van der Waals surface area contributed by atoms with Gasteiger partial charge in [-0.3, -0.25) is 9.59 Å². The van der Waals surface area contributed by atoms with Gasteiger partial charge < -0.3 is 20.3 Å². The number of aliphatic hydroxyl groups excluding tert-OH is 2. The predicted octanol–water partition coefficient (Wildman–Crippen LogP) is 20.8. The Balaban J connectivity index is 3.40. The van der Waals surface area contributed by atoms with Gasteiger partial charge in [0.1, 0.15) is 0 Å². The highest BCUT2D eigenvalue weighted by Crippen LogP contribution is 2.18. The largest absolute Gasteiger partial charge is 0.466 e. The fraction of sp³-hybridized carbons (Fsp3) is 0.881. The van der Waals surface area contributed by atoms with Crippen molar-refractivity contribution in [2.45, 2.75) is 366 Å². The molecule has 430 valence electrons. The summed E-state index contributed by atoms with van der Waals surface area (Å²) in [5.41, 5.74) is 0. The van der Waals surface area contributed by atoms with E-state index in [1.165, 1.54) is 270 Å². The lowest BCUT2D eigenvalue weighted by Crippen LogP contribution is -2.45. The number of nitrogens with one attached hydrogen (secondary N) is 1. The second-order valence-corrected chi connectivity index (χ2v) is 22.4. The Kier molecular flexibility index (Phi) is 61.0. The lowest BCUT2D eigenvalue weighted by molar-refractivity contribution is -0.143. The van der Waals surface area contributed by atoms with Crippen molar-refractivity contribution in [3.63, 3.8) is 0 Å². The van der Waals surface area contributed by atoms with Crippen LogP contribution >= 0.6 is 0 Å². The van der Waals surface area contributed by atoms with Gasteiger partial charge in [-0.25, -0.2) is 0 Å². The third-order valence-electron chi connectivity index (χ3n) is 15.2. The molecule has 0 aliphatic heterocycles. The number of hydrogen-bond donors (Lipinski definition) is 3. The number of hydrogen-bond acceptors (Lipinski definition) is 5.